The number of nitriles is 1. The van der Waals surface area contributed by atoms with Crippen molar-refractivity contribution >= 4 is 22.0 Å². The van der Waals surface area contributed by atoms with Gasteiger partial charge in [-0.2, -0.15) is 5.26 Å². The van der Waals surface area contributed by atoms with Gasteiger partial charge in [0.2, 0.25) is 0 Å². The molecule has 2 heterocycles. The van der Waals surface area contributed by atoms with Crippen LogP contribution in [0.1, 0.15) is 39.2 Å². The average molecular weight is 503 g/mol. The number of nitrogens with zero attached hydrogens (tertiary/aromatic N) is 2. The van der Waals surface area contributed by atoms with Crippen molar-refractivity contribution < 1.29 is 32.5 Å². The zero-order chi connectivity index (χ0) is 22.8. The molecule has 1 aromatic carbocycles. The van der Waals surface area contributed by atoms with Gasteiger partial charge in [-0.1, -0.05) is 0 Å². The van der Waals surface area contributed by atoms with E-state index in [0.29, 0.717) is 24.1 Å². The number of alkyl halides is 2. The fourth-order valence-corrected chi connectivity index (χ4v) is 3.73. The summed E-state index contributed by atoms with van der Waals surface area (Å²) >= 11 is 3.26. The van der Waals surface area contributed by atoms with Crippen LogP contribution < -0.4 is 9.47 Å². The van der Waals surface area contributed by atoms with Gasteiger partial charge in [-0.25, -0.2) is 13.6 Å². The number of amides is 1. The summed E-state index contributed by atoms with van der Waals surface area (Å²) in [6.45, 7) is 5.14. The molecule has 10 heteroatoms. The highest BCUT2D eigenvalue weighted by atomic mass is 79.9. The Morgan fingerprint density at radius 3 is 2.65 bits per heavy atom. The molecule has 0 radical (unpaired) electrons. The summed E-state index contributed by atoms with van der Waals surface area (Å²) in [5.41, 5.74) is -0.713. The van der Waals surface area contributed by atoms with Crippen LogP contribution in [0.5, 0.6) is 11.5 Å². The second kappa shape index (κ2) is 9.17. The molecule has 2 aliphatic rings. The Balaban J connectivity index is 1.79. The molecule has 31 heavy (non-hydrogen) atoms. The average Bonchev–Trinajstić information content (AvgIpc) is 3.17. The van der Waals surface area contributed by atoms with Crippen LogP contribution in [0.15, 0.2) is 16.6 Å². The van der Waals surface area contributed by atoms with Gasteiger partial charge in [0.1, 0.15) is 23.3 Å². The van der Waals surface area contributed by atoms with Gasteiger partial charge in [0, 0.05) is 23.9 Å². The molecule has 0 spiro atoms. The van der Waals surface area contributed by atoms with Crippen LogP contribution in [-0.4, -0.2) is 61.0 Å². The second-order valence-electron chi connectivity index (χ2n) is 8.52. The lowest BCUT2D eigenvalue weighted by Crippen LogP contribution is -2.56. The Morgan fingerprint density at radius 2 is 2.06 bits per heavy atom. The molecule has 2 saturated heterocycles. The van der Waals surface area contributed by atoms with Crippen molar-refractivity contribution in [1.82, 2.24) is 4.90 Å². The van der Waals surface area contributed by atoms with Gasteiger partial charge in [-0.05, 0) is 48.8 Å². The number of likely N-dealkylation sites (tertiary alicyclic amines) is 1. The molecule has 2 fully saturated rings. The Kier molecular flexibility index (Phi) is 6.96. The van der Waals surface area contributed by atoms with E-state index in [4.69, 9.17) is 18.9 Å². The molecular formula is C21H25BrF2N2O5. The molecule has 0 saturated carbocycles. The molecule has 1 unspecified atom stereocenters. The van der Waals surface area contributed by atoms with Crippen LogP contribution in [0, 0.1) is 11.3 Å². The highest BCUT2D eigenvalue weighted by Crippen LogP contribution is 2.41. The smallest absolute Gasteiger partial charge is 0.410 e. The van der Waals surface area contributed by atoms with E-state index in [-0.39, 0.29) is 36.1 Å². The van der Waals surface area contributed by atoms with Gasteiger partial charge in [0.15, 0.2) is 17.6 Å². The van der Waals surface area contributed by atoms with Crippen molar-refractivity contribution in [2.75, 3.05) is 26.3 Å². The molecule has 0 aromatic heterocycles. The summed E-state index contributed by atoms with van der Waals surface area (Å²) in [5.74, 6) is -3.18. The summed E-state index contributed by atoms with van der Waals surface area (Å²) in [6.07, 6.45) is -2.05. The predicted octanol–water partition coefficient (Wildman–Crippen LogP) is 4.51. The van der Waals surface area contributed by atoms with Gasteiger partial charge in [-0.3, -0.25) is 0 Å². The molecule has 170 valence electrons. The number of ether oxygens (including phenoxy) is 4. The normalized spacial score (nSPS) is 23.2. The minimum atomic E-state index is -3.35. The van der Waals surface area contributed by atoms with Crippen LogP contribution in [0.3, 0.4) is 0 Å². The number of benzene rings is 1. The lowest BCUT2D eigenvalue weighted by atomic mass is 10.0. The molecule has 7 nitrogen and oxygen atoms in total. The minimum Gasteiger partial charge on any atom is -0.484 e. The van der Waals surface area contributed by atoms with Gasteiger partial charge in [-0.15, -0.1) is 0 Å². The van der Waals surface area contributed by atoms with Crippen LogP contribution in [0.4, 0.5) is 13.6 Å². The zero-order valence-electron chi connectivity index (χ0n) is 17.6. The standard InChI is InChI=1S/C21H25BrF2N2O5/c1-20(2,3)31-19(27)26-8-6-17(21(23,24)12-26)30-18-14(10-25)15(22)4-5-16(18)29-13-7-9-28-11-13/h4-5,13,17H,6-9,11-12H2,1-3H3/t13-,17?/m0/s1. The van der Waals surface area contributed by atoms with Crippen LogP contribution >= 0.6 is 15.9 Å². The fraction of sp³-hybridized carbons (Fsp3) is 0.619. The molecule has 2 atom stereocenters. The highest BCUT2D eigenvalue weighted by Gasteiger charge is 2.49. The third-order valence-electron chi connectivity index (χ3n) is 4.81. The number of hydrogen-bond donors (Lipinski definition) is 0. The highest BCUT2D eigenvalue weighted by molar-refractivity contribution is 9.10. The maximum Gasteiger partial charge on any atom is 0.410 e. The van der Waals surface area contributed by atoms with E-state index in [1.165, 1.54) is 0 Å². The third kappa shape index (κ3) is 5.77. The maximum absolute atomic E-state index is 14.9. The Hall–Kier alpha value is -2.12. The molecular weight excluding hydrogens is 478 g/mol. The van der Waals surface area contributed by atoms with Crippen molar-refractivity contribution in [3.63, 3.8) is 0 Å². The van der Waals surface area contributed by atoms with Crippen molar-refractivity contribution in [2.24, 2.45) is 0 Å². The first-order valence-electron chi connectivity index (χ1n) is 9.99. The fourth-order valence-electron chi connectivity index (χ4n) is 3.33. The number of halogens is 3. The van der Waals surface area contributed by atoms with Gasteiger partial charge in [0.25, 0.3) is 0 Å². The second-order valence-corrected chi connectivity index (χ2v) is 9.38. The quantitative estimate of drug-likeness (QED) is 0.602. The van der Waals surface area contributed by atoms with E-state index in [1.807, 2.05) is 6.07 Å². The van der Waals surface area contributed by atoms with Crippen LogP contribution in [0.25, 0.3) is 0 Å². The number of carbonyl (C=O) groups excluding carboxylic acids is 1. The monoisotopic (exact) mass is 502 g/mol. The van der Waals surface area contributed by atoms with Crippen molar-refractivity contribution in [3.8, 4) is 17.6 Å². The topological polar surface area (TPSA) is 81.0 Å². The van der Waals surface area contributed by atoms with E-state index >= 15 is 0 Å². The summed E-state index contributed by atoms with van der Waals surface area (Å²) in [4.78, 5) is 13.2. The first-order chi connectivity index (χ1) is 14.5. The summed E-state index contributed by atoms with van der Waals surface area (Å²) < 4.78 is 52.4. The SMILES string of the molecule is CC(C)(C)OC(=O)N1CCC(Oc2c(O[C@H]3CCOC3)ccc(Br)c2C#N)C(F)(F)C1. The number of rotatable bonds is 4. The third-order valence-corrected chi connectivity index (χ3v) is 5.47. The number of hydrogen-bond acceptors (Lipinski definition) is 6. The molecule has 1 amide bonds. The van der Waals surface area contributed by atoms with Crippen molar-refractivity contribution in [2.45, 2.75) is 57.3 Å². The molecule has 3 rings (SSSR count). The Morgan fingerprint density at radius 1 is 1.32 bits per heavy atom. The number of carbonyl (C=O) groups is 1. The van der Waals surface area contributed by atoms with Gasteiger partial charge in [0.05, 0.1) is 19.8 Å². The molecule has 1 aromatic rings. The maximum atomic E-state index is 14.9. The first-order valence-corrected chi connectivity index (χ1v) is 10.8. The van der Waals surface area contributed by atoms with E-state index in [1.54, 1.807) is 32.9 Å². The summed E-state index contributed by atoms with van der Waals surface area (Å²) in [6, 6.07) is 5.17. The molecule has 0 bridgehead atoms. The van der Waals surface area contributed by atoms with E-state index in [2.05, 4.69) is 15.9 Å². The van der Waals surface area contributed by atoms with Crippen molar-refractivity contribution in [3.05, 3.63) is 22.2 Å². The largest absolute Gasteiger partial charge is 0.484 e. The Labute approximate surface area is 188 Å². The minimum absolute atomic E-state index is 0.0394. The summed E-state index contributed by atoms with van der Waals surface area (Å²) in [5, 5.41) is 9.57. The van der Waals surface area contributed by atoms with E-state index < -0.39 is 30.3 Å². The molecule has 2 aliphatic heterocycles. The van der Waals surface area contributed by atoms with E-state index in [9.17, 15) is 18.8 Å². The first kappa shape index (κ1) is 23.5. The van der Waals surface area contributed by atoms with E-state index in [0.717, 1.165) is 4.90 Å². The predicted molar refractivity (Wildman–Crippen MR) is 110 cm³/mol. The van der Waals surface area contributed by atoms with Gasteiger partial charge < -0.3 is 23.8 Å². The van der Waals surface area contributed by atoms with Crippen LogP contribution in [0.2, 0.25) is 0 Å². The van der Waals surface area contributed by atoms with Gasteiger partial charge >= 0.3 is 12.0 Å². The lowest BCUT2D eigenvalue weighted by Gasteiger charge is -2.38. The summed E-state index contributed by atoms with van der Waals surface area (Å²) in [7, 11) is 0. The zero-order valence-corrected chi connectivity index (χ0v) is 19.2. The molecule has 0 aliphatic carbocycles. The molecule has 0 N–H and O–H groups in total. The Bertz CT molecular complexity index is 863. The van der Waals surface area contributed by atoms with Crippen molar-refractivity contribution in [1.29, 1.82) is 5.26 Å². The lowest BCUT2D eigenvalue weighted by molar-refractivity contribution is -0.137. The van der Waals surface area contributed by atoms with Crippen LogP contribution in [-0.2, 0) is 9.47 Å². The number of piperidine rings is 1.